The van der Waals surface area contributed by atoms with Crippen LogP contribution in [0.5, 0.6) is 5.75 Å². The molecular formula is C11H15NO3. The Morgan fingerprint density at radius 1 is 1.40 bits per heavy atom. The number of ketones is 1. The van der Waals surface area contributed by atoms with Crippen molar-refractivity contribution in [1.82, 2.24) is 0 Å². The smallest absolute Gasteiger partial charge is 0.131 e. The van der Waals surface area contributed by atoms with Gasteiger partial charge in [0.2, 0.25) is 0 Å². The van der Waals surface area contributed by atoms with Crippen LogP contribution in [-0.4, -0.2) is 24.6 Å². The zero-order valence-electron chi connectivity index (χ0n) is 8.93. The summed E-state index contributed by atoms with van der Waals surface area (Å²) in [7, 11) is 1.58. The molecule has 1 aromatic carbocycles. The highest BCUT2D eigenvalue weighted by molar-refractivity contribution is 5.76. The first-order chi connectivity index (χ1) is 7.13. The summed E-state index contributed by atoms with van der Waals surface area (Å²) in [4.78, 5) is 10.7. The Morgan fingerprint density at radius 2 is 2.00 bits per heavy atom. The van der Waals surface area contributed by atoms with Gasteiger partial charge in [0.25, 0.3) is 0 Å². The second kappa shape index (κ2) is 5.36. The quantitative estimate of drug-likeness (QED) is 0.752. The average Bonchev–Trinajstić information content (AvgIpc) is 2.26. The Balaban J connectivity index is 2.57. The lowest BCUT2D eigenvalue weighted by Gasteiger charge is -2.16. The number of hydrogen-bond acceptors (Lipinski definition) is 4. The zero-order valence-corrected chi connectivity index (χ0v) is 8.93. The van der Waals surface area contributed by atoms with Gasteiger partial charge in [-0.3, -0.25) is 15.1 Å². The van der Waals surface area contributed by atoms with E-state index in [1.807, 2.05) is 0 Å². The molecule has 4 nitrogen and oxygen atoms in total. The average molecular weight is 209 g/mol. The molecule has 0 heterocycles. The summed E-state index contributed by atoms with van der Waals surface area (Å²) in [5, 5.41) is 10.6. The highest BCUT2D eigenvalue weighted by atomic mass is 16.5. The maximum Gasteiger partial charge on any atom is 0.131 e. The number of hydrogen-bond donors (Lipinski definition) is 1. The third kappa shape index (κ3) is 3.59. The number of nitrogens with zero attached hydrogens (tertiary/aromatic N) is 1. The Morgan fingerprint density at radius 3 is 2.47 bits per heavy atom. The fraction of sp³-hybridized carbons (Fsp3) is 0.364. The lowest BCUT2D eigenvalue weighted by molar-refractivity contribution is -0.117. The van der Waals surface area contributed by atoms with Crippen LogP contribution in [0.25, 0.3) is 0 Å². The maximum atomic E-state index is 10.7. The molecule has 0 amide bonds. The standard InChI is InChI=1S/C11H15NO3/c1-9(13)7-8-12(14)10-3-5-11(15-2)6-4-10/h3-6,14H,7-8H2,1-2H3. The molecule has 15 heavy (non-hydrogen) atoms. The van der Waals surface area contributed by atoms with E-state index in [-0.39, 0.29) is 5.78 Å². The van der Waals surface area contributed by atoms with Crippen molar-refractivity contribution in [2.45, 2.75) is 13.3 Å². The van der Waals surface area contributed by atoms with Crippen LogP contribution in [0, 0.1) is 0 Å². The predicted molar refractivity (Wildman–Crippen MR) is 57.4 cm³/mol. The van der Waals surface area contributed by atoms with Gasteiger partial charge >= 0.3 is 0 Å². The first-order valence-electron chi connectivity index (χ1n) is 4.73. The number of methoxy groups -OCH3 is 1. The van der Waals surface area contributed by atoms with Gasteiger partial charge in [-0.1, -0.05) is 0 Å². The summed E-state index contributed by atoms with van der Waals surface area (Å²) in [6.07, 6.45) is 0.336. The SMILES string of the molecule is COc1ccc(N(O)CCC(C)=O)cc1. The van der Waals surface area contributed by atoms with Gasteiger partial charge in [-0.15, -0.1) is 0 Å². The molecule has 0 aliphatic heterocycles. The topological polar surface area (TPSA) is 49.8 Å². The van der Waals surface area contributed by atoms with Crippen LogP contribution in [-0.2, 0) is 4.79 Å². The number of benzene rings is 1. The van der Waals surface area contributed by atoms with Gasteiger partial charge in [0.15, 0.2) is 0 Å². The van der Waals surface area contributed by atoms with Gasteiger partial charge in [0.1, 0.15) is 11.5 Å². The largest absolute Gasteiger partial charge is 0.497 e. The summed E-state index contributed by atoms with van der Waals surface area (Å²) in [6, 6.07) is 6.98. The first kappa shape index (κ1) is 11.5. The maximum absolute atomic E-state index is 10.7. The summed E-state index contributed by atoms with van der Waals surface area (Å²) in [5.74, 6) is 0.793. The molecule has 0 spiro atoms. The zero-order chi connectivity index (χ0) is 11.3. The molecule has 0 fully saturated rings. The number of carbonyl (C=O) groups is 1. The van der Waals surface area contributed by atoms with E-state index < -0.39 is 0 Å². The van der Waals surface area contributed by atoms with E-state index in [9.17, 15) is 10.0 Å². The Kier molecular flexibility index (Phi) is 4.12. The van der Waals surface area contributed by atoms with Crippen LogP contribution >= 0.6 is 0 Å². The van der Waals surface area contributed by atoms with Gasteiger partial charge in [0, 0.05) is 6.42 Å². The van der Waals surface area contributed by atoms with E-state index in [1.165, 1.54) is 6.92 Å². The van der Waals surface area contributed by atoms with Crippen LogP contribution in [0.4, 0.5) is 5.69 Å². The van der Waals surface area contributed by atoms with Crippen LogP contribution in [0.15, 0.2) is 24.3 Å². The van der Waals surface area contributed by atoms with Gasteiger partial charge in [-0.2, -0.15) is 0 Å². The van der Waals surface area contributed by atoms with Gasteiger partial charge < -0.3 is 4.74 Å². The highest BCUT2D eigenvalue weighted by Gasteiger charge is 2.04. The van der Waals surface area contributed by atoms with Crippen LogP contribution in [0.2, 0.25) is 0 Å². The minimum Gasteiger partial charge on any atom is -0.497 e. The van der Waals surface area contributed by atoms with Crippen molar-refractivity contribution in [3.05, 3.63) is 24.3 Å². The molecule has 1 rings (SSSR count). The molecule has 0 saturated carbocycles. The van der Waals surface area contributed by atoms with Gasteiger partial charge in [-0.05, 0) is 31.2 Å². The highest BCUT2D eigenvalue weighted by Crippen LogP contribution is 2.17. The number of carbonyl (C=O) groups excluding carboxylic acids is 1. The van der Waals surface area contributed by atoms with E-state index in [1.54, 1.807) is 31.4 Å². The van der Waals surface area contributed by atoms with Gasteiger partial charge in [-0.25, -0.2) is 0 Å². The molecule has 1 N–H and O–H groups in total. The third-order valence-corrected chi connectivity index (χ3v) is 2.05. The van der Waals surface area contributed by atoms with Crippen molar-refractivity contribution in [3.63, 3.8) is 0 Å². The van der Waals surface area contributed by atoms with E-state index in [4.69, 9.17) is 4.74 Å². The molecule has 0 saturated heterocycles. The fourth-order valence-electron chi connectivity index (χ4n) is 1.15. The minimum atomic E-state index is 0.0579. The van der Waals surface area contributed by atoms with Crippen molar-refractivity contribution < 1.29 is 14.7 Å². The normalized spacial score (nSPS) is 9.80. The van der Waals surface area contributed by atoms with Crippen LogP contribution < -0.4 is 9.80 Å². The fourth-order valence-corrected chi connectivity index (χ4v) is 1.15. The molecule has 0 unspecified atom stereocenters. The number of rotatable bonds is 5. The lowest BCUT2D eigenvalue weighted by atomic mass is 10.2. The first-order valence-corrected chi connectivity index (χ1v) is 4.73. The Bertz CT molecular complexity index is 321. The van der Waals surface area contributed by atoms with Crippen molar-refractivity contribution in [2.75, 3.05) is 18.7 Å². The van der Waals surface area contributed by atoms with Crippen molar-refractivity contribution in [1.29, 1.82) is 0 Å². The summed E-state index contributed by atoms with van der Waals surface area (Å²) < 4.78 is 4.99. The molecule has 4 heteroatoms. The van der Waals surface area contributed by atoms with E-state index in [2.05, 4.69) is 0 Å². The molecule has 0 aliphatic rings. The summed E-state index contributed by atoms with van der Waals surface area (Å²) in [5.41, 5.74) is 0.650. The Labute approximate surface area is 89.0 Å². The summed E-state index contributed by atoms with van der Waals surface area (Å²) in [6.45, 7) is 1.81. The number of hydroxylamine groups is 1. The molecule has 1 aromatic rings. The lowest BCUT2D eigenvalue weighted by Crippen LogP contribution is -2.20. The van der Waals surface area contributed by atoms with E-state index in [0.29, 0.717) is 18.7 Å². The Hall–Kier alpha value is -1.55. The van der Waals surface area contributed by atoms with E-state index >= 15 is 0 Å². The predicted octanol–water partition coefficient (Wildman–Crippen LogP) is 1.87. The second-order valence-corrected chi connectivity index (χ2v) is 3.27. The molecular weight excluding hydrogens is 194 g/mol. The number of ether oxygens (including phenoxy) is 1. The third-order valence-electron chi connectivity index (χ3n) is 2.05. The molecule has 0 aromatic heterocycles. The molecule has 0 radical (unpaired) electrons. The van der Waals surface area contributed by atoms with Crippen molar-refractivity contribution in [3.8, 4) is 5.75 Å². The molecule has 82 valence electrons. The molecule has 0 bridgehead atoms. The molecule has 0 aliphatic carbocycles. The monoisotopic (exact) mass is 209 g/mol. The van der Waals surface area contributed by atoms with Crippen LogP contribution in [0.3, 0.4) is 0 Å². The van der Waals surface area contributed by atoms with Crippen molar-refractivity contribution in [2.24, 2.45) is 0 Å². The summed E-state index contributed by atoms with van der Waals surface area (Å²) >= 11 is 0. The molecule has 0 atom stereocenters. The van der Waals surface area contributed by atoms with Crippen LogP contribution in [0.1, 0.15) is 13.3 Å². The number of anilines is 1. The van der Waals surface area contributed by atoms with Gasteiger partial charge in [0.05, 0.1) is 19.3 Å². The van der Waals surface area contributed by atoms with E-state index in [0.717, 1.165) is 10.8 Å². The minimum absolute atomic E-state index is 0.0579. The van der Waals surface area contributed by atoms with Crippen molar-refractivity contribution >= 4 is 11.5 Å². The second-order valence-electron chi connectivity index (χ2n) is 3.27. The number of Topliss-reactive ketones (excluding diaryl/α,β-unsaturated/α-hetero) is 1.